The Balaban J connectivity index is 1.75. The van der Waals surface area contributed by atoms with Gasteiger partial charge < -0.3 is 15.2 Å². The first kappa shape index (κ1) is 23.4. The van der Waals surface area contributed by atoms with E-state index in [-0.39, 0.29) is 5.78 Å². The highest BCUT2D eigenvalue weighted by Crippen LogP contribution is 2.46. The van der Waals surface area contributed by atoms with Gasteiger partial charge in [-0.15, -0.1) is 0 Å². The molecule has 1 aliphatic carbocycles. The predicted octanol–water partition coefficient (Wildman–Crippen LogP) is 4.16. The Bertz CT molecular complexity index is 1220. The Kier molecular flexibility index (Phi) is 6.62. The Morgan fingerprint density at radius 1 is 1.18 bits per heavy atom. The van der Waals surface area contributed by atoms with Gasteiger partial charge in [0.15, 0.2) is 17.3 Å². The molecule has 1 aliphatic heterocycles. The standard InChI is InChI=1S/C27H30N4O3/c1-17-8-5-6-9-19(17)16-34-23-13-12-18(14-24(23)33-4)25-20(15-28)27(29)31(30(2)3)21-10-7-11-22(32)26(21)25/h5-6,8-9,12-14,25H,7,10-11,16,29H2,1-4H3. The SMILES string of the molecule is COc1cc(C2C(C#N)=C(N)N(N(C)C)C3=C2C(=O)CCC3)ccc1OCc1ccccc1C. The number of nitrogens with zero attached hydrogens (tertiary/aromatic N) is 3. The van der Waals surface area contributed by atoms with Gasteiger partial charge in [0.1, 0.15) is 12.4 Å². The minimum atomic E-state index is -0.539. The van der Waals surface area contributed by atoms with Gasteiger partial charge in [-0.3, -0.25) is 9.80 Å². The zero-order chi connectivity index (χ0) is 24.4. The van der Waals surface area contributed by atoms with Gasteiger partial charge in [-0.05, 0) is 48.6 Å². The largest absolute Gasteiger partial charge is 0.493 e. The van der Waals surface area contributed by atoms with Crippen molar-refractivity contribution in [3.8, 4) is 17.6 Å². The fourth-order valence-corrected chi connectivity index (χ4v) is 4.77. The van der Waals surface area contributed by atoms with Crippen LogP contribution < -0.4 is 15.2 Å². The second kappa shape index (κ2) is 9.62. The predicted molar refractivity (Wildman–Crippen MR) is 129 cm³/mol. The Morgan fingerprint density at radius 2 is 1.94 bits per heavy atom. The quantitative estimate of drug-likeness (QED) is 0.695. The number of carbonyl (C=O) groups is 1. The molecule has 7 heteroatoms. The molecule has 1 atom stereocenters. The second-order valence-electron chi connectivity index (χ2n) is 8.77. The molecule has 2 aromatic carbocycles. The molecule has 0 saturated heterocycles. The first-order valence-corrected chi connectivity index (χ1v) is 11.4. The van der Waals surface area contributed by atoms with Crippen molar-refractivity contribution in [1.82, 2.24) is 10.0 Å². The minimum Gasteiger partial charge on any atom is -0.493 e. The normalized spacial score (nSPS) is 18.2. The molecular weight excluding hydrogens is 428 g/mol. The number of carbonyl (C=O) groups excluding carboxylic acids is 1. The molecule has 0 radical (unpaired) electrons. The van der Waals surface area contributed by atoms with Crippen LogP contribution in [0.1, 0.15) is 41.9 Å². The monoisotopic (exact) mass is 458 g/mol. The molecule has 176 valence electrons. The zero-order valence-corrected chi connectivity index (χ0v) is 20.1. The molecule has 1 heterocycles. The first-order chi connectivity index (χ1) is 16.4. The maximum absolute atomic E-state index is 13.1. The summed E-state index contributed by atoms with van der Waals surface area (Å²) in [4.78, 5) is 13.1. The fraction of sp³-hybridized carbons (Fsp3) is 0.333. The summed E-state index contributed by atoms with van der Waals surface area (Å²) >= 11 is 0. The zero-order valence-electron chi connectivity index (χ0n) is 20.1. The molecule has 1 unspecified atom stereocenters. The lowest BCUT2D eigenvalue weighted by atomic mass is 9.76. The van der Waals surface area contributed by atoms with Crippen molar-refractivity contribution in [3.05, 3.63) is 81.8 Å². The van der Waals surface area contributed by atoms with Gasteiger partial charge in [-0.1, -0.05) is 30.3 Å². The molecule has 34 heavy (non-hydrogen) atoms. The van der Waals surface area contributed by atoms with Crippen molar-refractivity contribution in [3.63, 3.8) is 0 Å². The van der Waals surface area contributed by atoms with E-state index in [9.17, 15) is 10.1 Å². The number of Topliss-reactive ketones (excluding diaryl/α,β-unsaturated/α-hetero) is 1. The van der Waals surface area contributed by atoms with Gasteiger partial charge >= 0.3 is 0 Å². The average molecular weight is 459 g/mol. The molecule has 7 nitrogen and oxygen atoms in total. The summed E-state index contributed by atoms with van der Waals surface area (Å²) in [6.45, 7) is 2.46. The van der Waals surface area contributed by atoms with E-state index >= 15 is 0 Å². The van der Waals surface area contributed by atoms with E-state index in [4.69, 9.17) is 15.2 Å². The van der Waals surface area contributed by atoms with Crippen molar-refractivity contribution < 1.29 is 14.3 Å². The third kappa shape index (κ3) is 4.13. The molecule has 0 saturated carbocycles. The second-order valence-corrected chi connectivity index (χ2v) is 8.77. The van der Waals surface area contributed by atoms with Gasteiger partial charge in [-0.25, -0.2) is 5.01 Å². The number of nitrogens with two attached hydrogens (primary N) is 1. The summed E-state index contributed by atoms with van der Waals surface area (Å²) in [5.41, 5.74) is 11.4. The van der Waals surface area contributed by atoms with Crippen LogP contribution in [0.25, 0.3) is 0 Å². The van der Waals surface area contributed by atoms with Crippen molar-refractivity contribution in [2.75, 3.05) is 21.2 Å². The number of rotatable bonds is 6. The third-order valence-electron chi connectivity index (χ3n) is 6.45. The Labute approximate surface area is 200 Å². The summed E-state index contributed by atoms with van der Waals surface area (Å²) in [6.07, 6.45) is 1.95. The van der Waals surface area contributed by atoms with Crippen LogP contribution in [0.4, 0.5) is 0 Å². The topological polar surface area (TPSA) is 91.8 Å². The highest BCUT2D eigenvalue weighted by molar-refractivity contribution is 5.99. The van der Waals surface area contributed by atoms with Crippen LogP contribution in [0, 0.1) is 18.3 Å². The van der Waals surface area contributed by atoms with Crippen LogP contribution in [-0.4, -0.2) is 37.0 Å². The maximum atomic E-state index is 13.1. The molecule has 4 rings (SSSR count). The van der Waals surface area contributed by atoms with Gasteiger partial charge in [0.05, 0.1) is 24.7 Å². The van der Waals surface area contributed by atoms with Gasteiger partial charge in [-0.2, -0.15) is 5.26 Å². The van der Waals surface area contributed by atoms with E-state index in [1.54, 1.807) is 12.1 Å². The molecule has 0 bridgehead atoms. The number of hydrazine groups is 1. The van der Waals surface area contributed by atoms with Crippen molar-refractivity contribution in [2.45, 2.75) is 38.7 Å². The van der Waals surface area contributed by atoms with E-state index in [0.717, 1.165) is 35.2 Å². The summed E-state index contributed by atoms with van der Waals surface area (Å²) in [5.74, 6) is 1.01. The number of ether oxygens (including phenoxy) is 2. The lowest BCUT2D eigenvalue weighted by molar-refractivity contribution is -0.116. The number of allylic oxidation sites excluding steroid dienone is 3. The summed E-state index contributed by atoms with van der Waals surface area (Å²) in [7, 11) is 5.30. The number of methoxy groups -OCH3 is 1. The fourth-order valence-electron chi connectivity index (χ4n) is 4.77. The molecule has 2 N–H and O–H groups in total. The number of hydrogen-bond donors (Lipinski definition) is 1. The highest BCUT2D eigenvalue weighted by atomic mass is 16.5. The van der Waals surface area contributed by atoms with E-state index in [2.05, 4.69) is 6.07 Å². The van der Waals surface area contributed by atoms with Crippen LogP contribution >= 0.6 is 0 Å². The van der Waals surface area contributed by atoms with Gasteiger partial charge in [0.2, 0.25) is 0 Å². The number of aryl methyl sites for hydroxylation is 1. The molecule has 0 aromatic heterocycles. The third-order valence-corrected chi connectivity index (χ3v) is 6.45. The lowest BCUT2D eigenvalue weighted by Gasteiger charge is -2.42. The molecular formula is C27H30N4O3. The van der Waals surface area contributed by atoms with Crippen LogP contribution in [0.2, 0.25) is 0 Å². The van der Waals surface area contributed by atoms with Crippen molar-refractivity contribution in [1.29, 1.82) is 5.26 Å². The molecule has 2 aliphatic rings. The van der Waals surface area contributed by atoms with Crippen LogP contribution in [0.5, 0.6) is 11.5 Å². The van der Waals surface area contributed by atoms with Crippen LogP contribution in [0.15, 0.2) is 65.1 Å². The van der Waals surface area contributed by atoms with E-state index < -0.39 is 5.92 Å². The molecule has 0 amide bonds. The number of ketones is 1. The van der Waals surface area contributed by atoms with E-state index in [1.165, 1.54) is 0 Å². The maximum Gasteiger partial charge on any atom is 0.161 e. The first-order valence-electron chi connectivity index (χ1n) is 11.4. The van der Waals surface area contributed by atoms with Crippen LogP contribution in [-0.2, 0) is 11.4 Å². The van der Waals surface area contributed by atoms with Crippen molar-refractivity contribution in [2.24, 2.45) is 5.73 Å². The highest BCUT2D eigenvalue weighted by Gasteiger charge is 2.40. The van der Waals surface area contributed by atoms with Crippen LogP contribution in [0.3, 0.4) is 0 Å². The van der Waals surface area contributed by atoms with E-state index in [0.29, 0.717) is 41.5 Å². The lowest BCUT2D eigenvalue weighted by Crippen LogP contribution is -2.45. The average Bonchev–Trinajstić information content (AvgIpc) is 2.82. The smallest absolute Gasteiger partial charge is 0.161 e. The summed E-state index contributed by atoms with van der Waals surface area (Å²) < 4.78 is 11.7. The van der Waals surface area contributed by atoms with Gasteiger partial charge in [0, 0.05) is 31.8 Å². The molecule has 2 aromatic rings. The Morgan fingerprint density at radius 3 is 2.62 bits per heavy atom. The molecule has 0 spiro atoms. The number of nitriles is 1. The number of hydrogen-bond acceptors (Lipinski definition) is 7. The summed E-state index contributed by atoms with van der Waals surface area (Å²) in [5, 5.41) is 13.7. The minimum absolute atomic E-state index is 0.0530. The van der Waals surface area contributed by atoms with E-state index in [1.807, 2.05) is 68.5 Å². The molecule has 0 fully saturated rings. The number of benzene rings is 2. The van der Waals surface area contributed by atoms with Crippen molar-refractivity contribution >= 4 is 5.78 Å². The Hall–Kier alpha value is -3.76. The van der Waals surface area contributed by atoms with Gasteiger partial charge in [0.25, 0.3) is 0 Å². The summed E-state index contributed by atoms with van der Waals surface area (Å²) in [6, 6.07) is 15.9.